The molecule has 34 heavy (non-hydrogen) atoms. The molecule has 6 nitrogen and oxygen atoms in total. The first-order valence-corrected chi connectivity index (χ1v) is 12.3. The standard InChI is InChI=1S/C26H20BrN3O3S/c27-19-10-13-22-21(15-19)26(32)30(24(28-22)23-7-4-14-34-23)29-25(31)18-8-11-20(12-9-18)33-16-17-5-2-1-3-6-17/h1-15,24,28H,16H2,(H,29,31)/t24-/m0/s1. The minimum absolute atomic E-state index is 0.287. The van der Waals surface area contributed by atoms with E-state index in [1.165, 1.54) is 16.3 Å². The van der Waals surface area contributed by atoms with Crippen molar-refractivity contribution in [1.29, 1.82) is 0 Å². The van der Waals surface area contributed by atoms with Gasteiger partial charge in [-0.25, -0.2) is 5.01 Å². The Morgan fingerprint density at radius 1 is 1.03 bits per heavy atom. The molecule has 0 aliphatic carbocycles. The first-order valence-electron chi connectivity index (χ1n) is 10.6. The summed E-state index contributed by atoms with van der Waals surface area (Å²) in [6.07, 6.45) is -0.515. The number of anilines is 1. The number of hydrogen-bond donors (Lipinski definition) is 2. The molecule has 1 aliphatic rings. The number of hydrogen-bond acceptors (Lipinski definition) is 5. The zero-order chi connectivity index (χ0) is 23.5. The van der Waals surface area contributed by atoms with Gasteiger partial charge in [0, 0.05) is 20.6 Å². The topological polar surface area (TPSA) is 70.7 Å². The highest BCUT2D eigenvalue weighted by Gasteiger charge is 2.35. The van der Waals surface area contributed by atoms with Crippen LogP contribution < -0.4 is 15.5 Å². The molecule has 0 fully saturated rings. The molecule has 4 aromatic rings. The van der Waals surface area contributed by atoms with E-state index in [0.29, 0.717) is 23.5 Å². The number of ether oxygens (including phenoxy) is 1. The number of carbonyl (C=O) groups is 2. The van der Waals surface area contributed by atoms with Crippen molar-refractivity contribution in [3.8, 4) is 5.75 Å². The summed E-state index contributed by atoms with van der Waals surface area (Å²) < 4.78 is 6.59. The first-order chi connectivity index (χ1) is 16.6. The van der Waals surface area contributed by atoms with Crippen LogP contribution in [0, 0.1) is 0 Å². The lowest BCUT2D eigenvalue weighted by Gasteiger charge is -2.37. The van der Waals surface area contributed by atoms with Crippen LogP contribution in [-0.4, -0.2) is 16.8 Å². The van der Waals surface area contributed by atoms with Gasteiger partial charge >= 0.3 is 0 Å². The van der Waals surface area contributed by atoms with Crippen LogP contribution in [0.2, 0.25) is 0 Å². The second kappa shape index (κ2) is 9.70. The molecule has 1 aromatic heterocycles. The number of carbonyl (C=O) groups excluding carboxylic acids is 2. The first kappa shape index (κ1) is 22.2. The second-order valence-electron chi connectivity index (χ2n) is 7.67. The Balaban J connectivity index is 1.33. The lowest BCUT2D eigenvalue weighted by molar-refractivity contribution is 0.0494. The number of nitrogens with one attached hydrogen (secondary N) is 2. The molecule has 1 aliphatic heterocycles. The van der Waals surface area contributed by atoms with Crippen LogP contribution in [-0.2, 0) is 6.61 Å². The maximum Gasteiger partial charge on any atom is 0.276 e. The molecule has 0 saturated heterocycles. The van der Waals surface area contributed by atoms with E-state index in [9.17, 15) is 9.59 Å². The quantitative estimate of drug-likeness (QED) is 0.318. The summed E-state index contributed by atoms with van der Waals surface area (Å²) in [5.41, 5.74) is 5.48. The number of rotatable bonds is 6. The highest BCUT2D eigenvalue weighted by molar-refractivity contribution is 9.10. The van der Waals surface area contributed by atoms with Gasteiger partial charge in [-0.05, 0) is 59.5 Å². The average Bonchev–Trinajstić information content (AvgIpc) is 3.40. The SMILES string of the molecule is O=C(NN1C(=O)c2cc(Br)ccc2N[C@@H]1c1cccs1)c1ccc(OCc2ccccc2)cc1. The molecule has 0 saturated carbocycles. The Kier molecular flexibility index (Phi) is 6.33. The fourth-order valence-electron chi connectivity index (χ4n) is 3.66. The van der Waals surface area contributed by atoms with E-state index >= 15 is 0 Å². The maximum absolute atomic E-state index is 13.4. The van der Waals surface area contributed by atoms with Gasteiger partial charge in [-0.2, -0.15) is 0 Å². The van der Waals surface area contributed by atoms with Gasteiger partial charge in [-0.1, -0.05) is 52.3 Å². The second-order valence-corrected chi connectivity index (χ2v) is 9.56. The van der Waals surface area contributed by atoms with Gasteiger partial charge in [0.1, 0.15) is 12.4 Å². The number of thiophene rings is 1. The summed E-state index contributed by atoms with van der Waals surface area (Å²) in [7, 11) is 0. The highest BCUT2D eigenvalue weighted by Crippen LogP contribution is 2.35. The number of benzene rings is 3. The molecule has 5 rings (SSSR count). The largest absolute Gasteiger partial charge is 0.489 e. The number of fused-ring (bicyclic) bond motifs is 1. The molecule has 1 atom stereocenters. The van der Waals surface area contributed by atoms with Crippen LogP contribution in [0.4, 0.5) is 5.69 Å². The third-order valence-corrected chi connectivity index (χ3v) is 6.80. The van der Waals surface area contributed by atoms with Crippen molar-refractivity contribution in [3.05, 3.63) is 116 Å². The van der Waals surface area contributed by atoms with Crippen LogP contribution in [0.25, 0.3) is 0 Å². The zero-order valence-electron chi connectivity index (χ0n) is 17.9. The molecule has 0 radical (unpaired) electrons. The van der Waals surface area contributed by atoms with Crippen LogP contribution in [0.1, 0.15) is 37.3 Å². The van der Waals surface area contributed by atoms with Gasteiger partial charge in [0.2, 0.25) is 0 Å². The Labute approximate surface area is 209 Å². The van der Waals surface area contributed by atoms with Gasteiger partial charge in [0.25, 0.3) is 11.8 Å². The highest BCUT2D eigenvalue weighted by atomic mass is 79.9. The van der Waals surface area contributed by atoms with Crippen molar-refractivity contribution >= 4 is 44.8 Å². The van der Waals surface area contributed by atoms with Gasteiger partial charge < -0.3 is 10.1 Å². The van der Waals surface area contributed by atoms with E-state index < -0.39 is 6.17 Å². The molecular formula is C26H20BrN3O3S. The Bertz CT molecular complexity index is 1310. The summed E-state index contributed by atoms with van der Waals surface area (Å²) in [6.45, 7) is 0.442. The zero-order valence-corrected chi connectivity index (χ0v) is 20.3. The fourth-order valence-corrected chi connectivity index (χ4v) is 4.78. The van der Waals surface area contributed by atoms with Crippen LogP contribution in [0.15, 0.2) is 94.8 Å². The van der Waals surface area contributed by atoms with E-state index in [1.54, 1.807) is 30.3 Å². The number of amides is 2. The summed E-state index contributed by atoms with van der Waals surface area (Å²) in [6, 6.07) is 26.0. The van der Waals surface area contributed by atoms with Crippen molar-refractivity contribution in [2.24, 2.45) is 0 Å². The molecule has 2 amide bonds. The molecule has 0 bridgehead atoms. The van der Waals surface area contributed by atoms with Gasteiger partial charge in [0.05, 0.1) is 5.56 Å². The molecule has 2 heterocycles. The van der Waals surface area contributed by atoms with Gasteiger partial charge in [-0.3, -0.25) is 15.0 Å². The van der Waals surface area contributed by atoms with Crippen molar-refractivity contribution < 1.29 is 14.3 Å². The minimum Gasteiger partial charge on any atom is -0.489 e. The third kappa shape index (κ3) is 4.69. The summed E-state index contributed by atoms with van der Waals surface area (Å²) in [4.78, 5) is 27.3. The van der Waals surface area contributed by atoms with Gasteiger partial charge in [0.15, 0.2) is 6.17 Å². The summed E-state index contributed by atoms with van der Waals surface area (Å²) in [5.74, 6) is -0.0132. The van der Waals surface area contributed by atoms with E-state index in [-0.39, 0.29) is 11.8 Å². The van der Waals surface area contributed by atoms with Crippen LogP contribution in [0.3, 0.4) is 0 Å². The lowest BCUT2D eigenvalue weighted by Crippen LogP contribution is -2.52. The smallest absolute Gasteiger partial charge is 0.276 e. The molecular weight excluding hydrogens is 514 g/mol. The predicted molar refractivity (Wildman–Crippen MR) is 136 cm³/mol. The van der Waals surface area contributed by atoms with E-state index in [0.717, 1.165) is 20.6 Å². The van der Waals surface area contributed by atoms with E-state index in [2.05, 4.69) is 26.7 Å². The lowest BCUT2D eigenvalue weighted by atomic mass is 10.1. The van der Waals surface area contributed by atoms with Crippen molar-refractivity contribution in [2.75, 3.05) is 5.32 Å². The maximum atomic E-state index is 13.4. The predicted octanol–water partition coefficient (Wildman–Crippen LogP) is 6.00. The Morgan fingerprint density at radius 2 is 1.82 bits per heavy atom. The summed E-state index contributed by atoms with van der Waals surface area (Å²) >= 11 is 4.93. The normalized spacial score (nSPS) is 14.8. The van der Waals surface area contributed by atoms with Crippen molar-refractivity contribution in [1.82, 2.24) is 10.4 Å². The molecule has 170 valence electrons. The van der Waals surface area contributed by atoms with E-state index in [4.69, 9.17) is 4.74 Å². The molecule has 2 N–H and O–H groups in total. The fraction of sp³-hybridized carbons (Fsp3) is 0.0769. The van der Waals surface area contributed by atoms with Crippen LogP contribution in [0.5, 0.6) is 5.75 Å². The third-order valence-electron chi connectivity index (χ3n) is 5.38. The Hall–Kier alpha value is -3.62. The number of nitrogens with zero attached hydrogens (tertiary/aromatic N) is 1. The molecule has 3 aromatic carbocycles. The number of hydrazine groups is 1. The average molecular weight is 534 g/mol. The minimum atomic E-state index is -0.515. The molecule has 0 spiro atoms. The molecule has 0 unspecified atom stereocenters. The van der Waals surface area contributed by atoms with Crippen molar-refractivity contribution in [2.45, 2.75) is 12.8 Å². The Morgan fingerprint density at radius 3 is 2.56 bits per heavy atom. The molecule has 8 heteroatoms. The van der Waals surface area contributed by atoms with Crippen molar-refractivity contribution in [3.63, 3.8) is 0 Å². The van der Waals surface area contributed by atoms with E-state index in [1.807, 2.05) is 60.0 Å². The summed E-state index contributed by atoms with van der Waals surface area (Å²) in [5, 5.41) is 6.65. The number of halogens is 1. The van der Waals surface area contributed by atoms with Crippen LogP contribution >= 0.6 is 27.3 Å². The monoisotopic (exact) mass is 533 g/mol. The van der Waals surface area contributed by atoms with Gasteiger partial charge in [-0.15, -0.1) is 11.3 Å².